The SMILES string of the molecule is CN1C(=O)c2c(O)c(=O)c(C(=O)NCc3c(F)cc(F)cc3F)cn2N2CCCC[C@@H]12. The topological polar surface area (TPSA) is 94.9 Å². The van der Waals surface area contributed by atoms with Gasteiger partial charge in [0, 0.05) is 44.0 Å². The van der Waals surface area contributed by atoms with E-state index in [0.29, 0.717) is 25.1 Å². The largest absolute Gasteiger partial charge is 0.502 e. The first-order chi connectivity index (χ1) is 14.7. The number of halogens is 3. The number of amides is 2. The molecule has 1 aromatic carbocycles. The molecule has 1 saturated heterocycles. The van der Waals surface area contributed by atoms with Crippen LogP contribution in [0, 0.1) is 17.5 Å². The van der Waals surface area contributed by atoms with Crippen molar-refractivity contribution >= 4 is 11.8 Å². The number of benzene rings is 1. The van der Waals surface area contributed by atoms with E-state index in [9.17, 15) is 32.7 Å². The first-order valence-corrected chi connectivity index (χ1v) is 9.65. The van der Waals surface area contributed by atoms with Gasteiger partial charge in [0.25, 0.3) is 11.8 Å². The molecule has 4 rings (SSSR count). The van der Waals surface area contributed by atoms with Crippen LogP contribution in [0.15, 0.2) is 23.1 Å². The molecule has 11 heteroatoms. The second-order valence-corrected chi connectivity index (χ2v) is 7.50. The number of aromatic hydroxyl groups is 1. The Hall–Kier alpha value is -3.50. The van der Waals surface area contributed by atoms with Crippen molar-refractivity contribution in [2.24, 2.45) is 0 Å². The van der Waals surface area contributed by atoms with Crippen LogP contribution in [0.1, 0.15) is 45.7 Å². The summed E-state index contributed by atoms with van der Waals surface area (Å²) in [6, 6.07) is 0.950. The van der Waals surface area contributed by atoms with Gasteiger partial charge in [-0.3, -0.25) is 24.1 Å². The van der Waals surface area contributed by atoms with E-state index < -0.39 is 58.1 Å². The molecule has 1 atom stereocenters. The van der Waals surface area contributed by atoms with Gasteiger partial charge in [0.05, 0.1) is 0 Å². The van der Waals surface area contributed by atoms with E-state index in [2.05, 4.69) is 5.32 Å². The molecule has 2 N–H and O–H groups in total. The van der Waals surface area contributed by atoms with Crippen LogP contribution in [0.2, 0.25) is 0 Å². The molecular weight excluding hydrogens is 417 g/mol. The van der Waals surface area contributed by atoms with Crippen LogP contribution < -0.4 is 15.8 Å². The average Bonchev–Trinajstić information content (AvgIpc) is 2.73. The normalized spacial score (nSPS) is 17.9. The molecule has 2 aliphatic heterocycles. The van der Waals surface area contributed by atoms with Crippen molar-refractivity contribution < 1.29 is 27.9 Å². The summed E-state index contributed by atoms with van der Waals surface area (Å²) in [7, 11) is 1.57. The van der Waals surface area contributed by atoms with Crippen molar-refractivity contribution in [2.75, 3.05) is 18.6 Å². The minimum absolute atomic E-state index is 0.252. The molecule has 2 aliphatic rings. The van der Waals surface area contributed by atoms with E-state index in [-0.39, 0.29) is 11.9 Å². The molecule has 2 aromatic rings. The number of carbonyl (C=O) groups excluding carboxylic acids is 2. The fourth-order valence-electron chi connectivity index (χ4n) is 4.00. The zero-order chi connectivity index (χ0) is 22.4. The van der Waals surface area contributed by atoms with Crippen molar-refractivity contribution in [3.8, 4) is 5.75 Å². The Balaban J connectivity index is 1.69. The van der Waals surface area contributed by atoms with E-state index in [4.69, 9.17) is 0 Å². The highest BCUT2D eigenvalue weighted by Crippen LogP contribution is 2.28. The molecule has 1 fully saturated rings. The van der Waals surface area contributed by atoms with Gasteiger partial charge in [0.2, 0.25) is 5.43 Å². The molecule has 2 amide bonds. The smallest absolute Gasteiger partial charge is 0.277 e. The predicted molar refractivity (Wildman–Crippen MR) is 103 cm³/mol. The first kappa shape index (κ1) is 20.8. The van der Waals surface area contributed by atoms with Crippen molar-refractivity contribution in [3.05, 3.63) is 62.8 Å². The second-order valence-electron chi connectivity index (χ2n) is 7.50. The van der Waals surface area contributed by atoms with E-state index >= 15 is 0 Å². The maximum atomic E-state index is 13.8. The van der Waals surface area contributed by atoms with Crippen LogP contribution >= 0.6 is 0 Å². The summed E-state index contributed by atoms with van der Waals surface area (Å²) in [4.78, 5) is 39.3. The molecule has 1 aromatic heterocycles. The molecule has 164 valence electrons. The third-order valence-electron chi connectivity index (χ3n) is 5.63. The summed E-state index contributed by atoms with van der Waals surface area (Å²) < 4.78 is 42.0. The van der Waals surface area contributed by atoms with Crippen molar-refractivity contribution in [1.29, 1.82) is 0 Å². The molecule has 0 unspecified atom stereocenters. The number of pyridine rings is 1. The van der Waals surface area contributed by atoms with Crippen molar-refractivity contribution in [2.45, 2.75) is 32.0 Å². The number of rotatable bonds is 3. The maximum absolute atomic E-state index is 13.8. The standard InChI is InChI=1S/C20H19F3N4O4/c1-25-15-4-2-3-5-26(15)27-9-12(17(28)18(29)16(27)20(25)31)19(30)24-8-11-13(22)6-10(21)7-14(11)23/h6-7,9,15,29H,2-5,8H2,1H3,(H,24,30)/t15-/m0/s1. The zero-order valence-corrected chi connectivity index (χ0v) is 16.5. The number of piperidine rings is 1. The molecule has 31 heavy (non-hydrogen) atoms. The maximum Gasteiger partial charge on any atom is 0.277 e. The van der Waals surface area contributed by atoms with Crippen LogP contribution in [0.3, 0.4) is 0 Å². The zero-order valence-electron chi connectivity index (χ0n) is 16.5. The monoisotopic (exact) mass is 436 g/mol. The molecule has 0 saturated carbocycles. The number of aromatic nitrogens is 1. The van der Waals surface area contributed by atoms with Gasteiger partial charge in [0.15, 0.2) is 11.4 Å². The summed E-state index contributed by atoms with van der Waals surface area (Å²) >= 11 is 0. The number of carbonyl (C=O) groups is 2. The lowest BCUT2D eigenvalue weighted by Gasteiger charge is -2.47. The minimum atomic E-state index is -1.19. The lowest BCUT2D eigenvalue weighted by Crippen LogP contribution is -2.61. The summed E-state index contributed by atoms with van der Waals surface area (Å²) in [5.74, 6) is -5.92. The molecular formula is C20H19F3N4O4. The Morgan fingerprint density at radius 2 is 1.87 bits per heavy atom. The number of nitrogens with zero attached hydrogens (tertiary/aromatic N) is 3. The third-order valence-corrected chi connectivity index (χ3v) is 5.63. The highest BCUT2D eigenvalue weighted by molar-refractivity contribution is 5.99. The van der Waals surface area contributed by atoms with Crippen LogP contribution in [0.25, 0.3) is 0 Å². The second kappa shape index (κ2) is 7.64. The first-order valence-electron chi connectivity index (χ1n) is 9.65. The fourth-order valence-corrected chi connectivity index (χ4v) is 4.00. The van der Waals surface area contributed by atoms with E-state index in [0.717, 1.165) is 19.0 Å². The van der Waals surface area contributed by atoms with Gasteiger partial charge in [-0.1, -0.05) is 0 Å². The summed E-state index contributed by atoms with van der Waals surface area (Å²) in [5.41, 5.74) is -2.41. The van der Waals surface area contributed by atoms with E-state index in [1.54, 1.807) is 12.1 Å². The van der Waals surface area contributed by atoms with Crippen molar-refractivity contribution in [1.82, 2.24) is 14.9 Å². The van der Waals surface area contributed by atoms with Gasteiger partial charge in [-0.25, -0.2) is 13.2 Å². The molecule has 3 heterocycles. The Bertz CT molecular complexity index is 1130. The van der Waals surface area contributed by atoms with E-state index in [1.165, 1.54) is 9.58 Å². The van der Waals surface area contributed by atoms with Crippen LogP contribution in [0.5, 0.6) is 5.75 Å². The Labute approximate surface area is 174 Å². The quantitative estimate of drug-likeness (QED) is 0.759. The number of hydrogen-bond donors (Lipinski definition) is 2. The molecule has 0 spiro atoms. The third kappa shape index (κ3) is 3.39. The molecule has 0 radical (unpaired) electrons. The van der Waals surface area contributed by atoms with Crippen LogP contribution in [0.4, 0.5) is 13.2 Å². The van der Waals surface area contributed by atoms with Gasteiger partial charge in [-0.2, -0.15) is 0 Å². The highest BCUT2D eigenvalue weighted by Gasteiger charge is 2.39. The number of hydrogen-bond acceptors (Lipinski definition) is 5. The van der Waals surface area contributed by atoms with Gasteiger partial charge in [-0.05, 0) is 19.3 Å². The summed E-state index contributed by atoms with van der Waals surface area (Å²) in [5, 5.41) is 14.4. The fraction of sp³-hybridized carbons (Fsp3) is 0.350. The van der Waals surface area contributed by atoms with Crippen molar-refractivity contribution in [3.63, 3.8) is 0 Å². The lowest BCUT2D eigenvalue weighted by atomic mass is 10.1. The summed E-state index contributed by atoms with van der Waals surface area (Å²) in [6.45, 7) is -0.114. The molecule has 0 bridgehead atoms. The van der Waals surface area contributed by atoms with Crippen LogP contribution in [-0.4, -0.2) is 46.3 Å². The highest BCUT2D eigenvalue weighted by atomic mass is 19.1. The predicted octanol–water partition coefficient (Wildman–Crippen LogP) is 1.43. The summed E-state index contributed by atoms with van der Waals surface area (Å²) in [6.07, 6.45) is 3.23. The molecule has 8 nitrogen and oxygen atoms in total. The van der Waals surface area contributed by atoms with Gasteiger partial charge in [-0.15, -0.1) is 0 Å². The average molecular weight is 436 g/mol. The minimum Gasteiger partial charge on any atom is -0.502 e. The number of fused-ring (bicyclic) bond motifs is 3. The Kier molecular flexibility index (Phi) is 5.11. The van der Waals surface area contributed by atoms with Gasteiger partial charge in [0.1, 0.15) is 29.2 Å². The molecule has 0 aliphatic carbocycles. The Morgan fingerprint density at radius 1 is 1.19 bits per heavy atom. The van der Waals surface area contributed by atoms with Gasteiger partial charge >= 0.3 is 0 Å². The lowest BCUT2D eigenvalue weighted by molar-refractivity contribution is 0.0591. The van der Waals surface area contributed by atoms with Gasteiger partial charge < -0.3 is 15.3 Å². The van der Waals surface area contributed by atoms with E-state index in [1.807, 2.05) is 0 Å². The van der Waals surface area contributed by atoms with Crippen LogP contribution in [-0.2, 0) is 6.54 Å². The number of nitrogens with one attached hydrogen (secondary N) is 1. The Morgan fingerprint density at radius 3 is 2.55 bits per heavy atom.